The van der Waals surface area contributed by atoms with E-state index in [4.69, 9.17) is 16.9 Å². The number of rotatable bonds is 9. The molecule has 0 aliphatic carbocycles. The minimum atomic E-state index is -3.50. The third-order valence-corrected chi connectivity index (χ3v) is 6.94. The van der Waals surface area contributed by atoms with Gasteiger partial charge in [-0.15, -0.1) is 0 Å². The number of hydrogen-bond acceptors (Lipinski definition) is 5. The summed E-state index contributed by atoms with van der Waals surface area (Å²) in [4.78, 5) is 14.1. The molecule has 160 valence electrons. The Morgan fingerprint density at radius 3 is 2.47 bits per heavy atom. The fourth-order valence-corrected chi connectivity index (χ4v) is 4.63. The van der Waals surface area contributed by atoms with Crippen molar-refractivity contribution in [2.45, 2.75) is 31.6 Å². The first-order valence-electron chi connectivity index (χ1n) is 9.57. The molecule has 6 nitrogen and oxygen atoms in total. The summed E-state index contributed by atoms with van der Waals surface area (Å²) in [7, 11) is -1.80. The number of halogens is 1. The molecule has 0 heterocycles. The van der Waals surface area contributed by atoms with Crippen LogP contribution in [0.5, 0.6) is 0 Å². The van der Waals surface area contributed by atoms with E-state index in [0.717, 1.165) is 5.56 Å². The Hall–Kier alpha value is -2.40. The summed E-state index contributed by atoms with van der Waals surface area (Å²) < 4.78 is 25.2. The van der Waals surface area contributed by atoms with Gasteiger partial charge in [-0.05, 0) is 61.2 Å². The largest absolute Gasteiger partial charge is 0.344 e. The lowest BCUT2D eigenvalue weighted by atomic mass is 10.1. The molecule has 0 aliphatic rings. The normalized spacial score (nSPS) is 11.2. The maximum atomic E-state index is 12.6. The van der Waals surface area contributed by atoms with Crippen LogP contribution in [0.25, 0.3) is 0 Å². The standard InChI is InChI=1S/C22H26ClN3O3S/c1-16-13-21(17(2)12-20(16)23)30(28,29)15-25-10-11-26(3)22(27)9-8-18-4-6-19(14-24)7-5-18/h4-7,12-13,25H,8-11,15H2,1-3H3. The Labute approximate surface area is 183 Å². The minimum Gasteiger partial charge on any atom is -0.344 e. The molecule has 0 fully saturated rings. The second-order valence-corrected chi connectivity index (χ2v) is 9.62. The minimum absolute atomic E-state index is 0.0202. The zero-order valence-electron chi connectivity index (χ0n) is 17.4. The van der Waals surface area contributed by atoms with Gasteiger partial charge in [0.1, 0.15) is 5.88 Å². The van der Waals surface area contributed by atoms with Gasteiger partial charge in [0.15, 0.2) is 9.84 Å². The molecule has 2 rings (SSSR count). The summed E-state index contributed by atoms with van der Waals surface area (Å²) in [5, 5.41) is 12.3. The summed E-state index contributed by atoms with van der Waals surface area (Å²) in [6.07, 6.45) is 0.940. The number of hydrogen-bond donors (Lipinski definition) is 1. The van der Waals surface area contributed by atoms with Gasteiger partial charge in [-0.25, -0.2) is 8.42 Å². The Balaban J connectivity index is 1.79. The third kappa shape index (κ3) is 6.56. The number of carbonyl (C=O) groups excluding carboxylic acids is 1. The van der Waals surface area contributed by atoms with E-state index in [1.807, 2.05) is 12.1 Å². The van der Waals surface area contributed by atoms with Crippen LogP contribution >= 0.6 is 11.6 Å². The van der Waals surface area contributed by atoms with Crippen molar-refractivity contribution >= 4 is 27.3 Å². The number of nitrogens with one attached hydrogen (secondary N) is 1. The summed E-state index contributed by atoms with van der Waals surface area (Å²) >= 11 is 6.04. The number of carbonyl (C=O) groups is 1. The first-order valence-corrected chi connectivity index (χ1v) is 11.6. The van der Waals surface area contributed by atoms with Crippen LogP contribution in [0.4, 0.5) is 0 Å². The highest BCUT2D eigenvalue weighted by molar-refractivity contribution is 7.91. The van der Waals surface area contributed by atoms with E-state index in [9.17, 15) is 13.2 Å². The zero-order chi connectivity index (χ0) is 22.3. The van der Waals surface area contributed by atoms with E-state index in [1.165, 1.54) is 0 Å². The van der Waals surface area contributed by atoms with Gasteiger partial charge < -0.3 is 10.2 Å². The van der Waals surface area contributed by atoms with E-state index in [2.05, 4.69) is 11.4 Å². The van der Waals surface area contributed by atoms with E-state index >= 15 is 0 Å². The molecule has 1 N–H and O–H groups in total. The van der Waals surface area contributed by atoms with E-state index in [0.29, 0.717) is 47.6 Å². The summed E-state index contributed by atoms with van der Waals surface area (Å²) in [6.45, 7) is 4.26. The molecule has 8 heteroatoms. The first-order chi connectivity index (χ1) is 14.1. The Morgan fingerprint density at radius 1 is 1.17 bits per heavy atom. The van der Waals surface area contributed by atoms with Crippen molar-refractivity contribution in [1.82, 2.24) is 10.2 Å². The lowest BCUT2D eigenvalue weighted by Gasteiger charge is -2.18. The van der Waals surface area contributed by atoms with Crippen molar-refractivity contribution < 1.29 is 13.2 Å². The summed E-state index contributed by atoms with van der Waals surface area (Å²) in [6, 6.07) is 12.5. The van der Waals surface area contributed by atoms with Gasteiger partial charge in [-0.3, -0.25) is 4.79 Å². The molecule has 0 aliphatic heterocycles. The fraction of sp³-hybridized carbons (Fsp3) is 0.364. The maximum absolute atomic E-state index is 12.6. The number of benzene rings is 2. The van der Waals surface area contributed by atoms with Gasteiger partial charge in [0, 0.05) is 31.6 Å². The number of sulfone groups is 1. The van der Waals surface area contributed by atoms with Crippen molar-refractivity contribution in [3.05, 3.63) is 63.7 Å². The predicted molar refractivity (Wildman–Crippen MR) is 118 cm³/mol. The highest BCUT2D eigenvalue weighted by Crippen LogP contribution is 2.24. The van der Waals surface area contributed by atoms with Crippen molar-refractivity contribution in [3.63, 3.8) is 0 Å². The number of amides is 1. The Morgan fingerprint density at radius 2 is 1.83 bits per heavy atom. The quantitative estimate of drug-likeness (QED) is 0.596. The molecule has 0 unspecified atom stereocenters. The van der Waals surface area contributed by atoms with Crippen molar-refractivity contribution in [2.75, 3.05) is 26.0 Å². The molecular weight excluding hydrogens is 422 g/mol. The van der Waals surface area contributed by atoms with Crippen LogP contribution in [0.1, 0.15) is 28.7 Å². The zero-order valence-corrected chi connectivity index (χ0v) is 19.0. The number of nitrogens with zero attached hydrogens (tertiary/aromatic N) is 2. The van der Waals surface area contributed by atoms with Crippen molar-refractivity contribution in [2.24, 2.45) is 0 Å². The Kier molecular flexibility index (Phi) is 8.42. The van der Waals surface area contributed by atoms with Crippen LogP contribution in [0, 0.1) is 25.2 Å². The molecule has 0 spiro atoms. The van der Waals surface area contributed by atoms with Gasteiger partial charge in [0.2, 0.25) is 5.91 Å². The van der Waals surface area contributed by atoms with E-state index < -0.39 is 9.84 Å². The SMILES string of the molecule is Cc1cc(S(=O)(=O)CNCCN(C)C(=O)CCc2ccc(C#N)cc2)c(C)cc1Cl. The number of likely N-dealkylation sites (N-methyl/N-ethyl adjacent to an activating group) is 1. The highest BCUT2D eigenvalue weighted by atomic mass is 35.5. The lowest BCUT2D eigenvalue weighted by Crippen LogP contribution is -2.35. The average molecular weight is 448 g/mol. The molecule has 0 radical (unpaired) electrons. The highest BCUT2D eigenvalue weighted by Gasteiger charge is 2.18. The van der Waals surface area contributed by atoms with Crippen LogP contribution in [0.2, 0.25) is 5.02 Å². The monoisotopic (exact) mass is 447 g/mol. The second-order valence-electron chi connectivity index (χ2n) is 7.25. The predicted octanol–water partition coefficient (Wildman–Crippen LogP) is 3.24. The summed E-state index contributed by atoms with van der Waals surface area (Å²) in [5.41, 5.74) is 2.91. The molecule has 0 bridgehead atoms. The Bertz CT molecular complexity index is 1040. The van der Waals surface area contributed by atoms with Crippen LogP contribution in [-0.4, -0.2) is 45.2 Å². The van der Waals surface area contributed by atoms with Gasteiger partial charge in [0.05, 0.1) is 16.5 Å². The molecule has 1 amide bonds. The van der Waals surface area contributed by atoms with Gasteiger partial charge >= 0.3 is 0 Å². The molecular formula is C22H26ClN3O3S. The van der Waals surface area contributed by atoms with Crippen LogP contribution in [-0.2, 0) is 21.1 Å². The maximum Gasteiger partial charge on any atom is 0.222 e. The van der Waals surface area contributed by atoms with Gasteiger partial charge in [-0.2, -0.15) is 5.26 Å². The number of aryl methyl sites for hydroxylation is 3. The molecule has 2 aromatic rings. The van der Waals surface area contributed by atoms with Crippen molar-refractivity contribution in [3.8, 4) is 6.07 Å². The molecule has 0 saturated heterocycles. The topological polar surface area (TPSA) is 90.3 Å². The average Bonchev–Trinajstić information content (AvgIpc) is 2.72. The first kappa shape index (κ1) is 23.9. The molecule has 2 aromatic carbocycles. The molecule has 0 saturated carbocycles. The third-order valence-electron chi connectivity index (χ3n) is 4.84. The molecule has 0 atom stereocenters. The lowest BCUT2D eigenvalue weighted by molar-refractivity contribution is -0.129. The van der Waals surface area contributed by atoms with Gasteiger partial charge in [0.25, 0.3) is 0 Å². The number of nitriles is 1. The second kappa shape index (κ2) is 10.6. The molecule has 0 aromatic heterocycles. The van der Waals surface area contributed by atoms with Crippen molar-refractivity contribution in [1.29, 1.82) is 5.26 Å². The van der Waals surface area contributed by atoms with Gasteiger partial charge in [-0.1, -0.05) is 23.7 Å². The molecule has 30 heavy (non-hydrogen) atoms. The van der Waals surface area contributed by atoms with Crippen LogP contribution in [0.15, 0.2) is 41.3 Å². The van der Waals surface area contributed by atoms with E-state index in [-0.39, 0.29) is 16.7 Å². The van der Waals surface area contributed by atoms with E-state index in [1.54, 1.807) is 50.1 Å². The smallest absolute Gasteiger partial charge is 0.222 e. The fourth-order valence-electron chi connectivity index (χ4n) is 2.93. The van der Waals surface area contributed by atoms with Crippen LogP contribution < -0.4 is 5.32 Å². The van der Waals surface area contributed by atoms with Crippen LogP contribution in [0.3, 0.4) is 0 Å². The summed E-state index contributed by atoms with van der Waals surface area (Å²) in [5.74, 6) is -0.226.